The Kier molecular flexibility index (Phi) is 5.39. The Hall–Kier alpha value is -2.63. The lowest BCUT2D eigenvalue weighted by atomic mass is 10.1. The Morgan fingerprint density at radius 1 is 1.12 bits per heavy atom. The molecule has 24 heavy (non-hydrogen) atoms. The summed E-state index contributed by atoms with van der Waals surface area (Å²) in [5.41, 5.74) is 0.957. The van der Waals surface area contributed by atoms with Gasteiger partial charge in [-0.15, -0.1) is 0 Å². The predicted molar refractivity (Wildman–Crippen MR) is 92.2 cm³/mol. The largest absolute Gasteiger partial charge is 0.440 e. The van der Waals surface area contributed by atoms with Gasteiger partial charge in [-0.05, 0) is 49.9 Å². The lowest BCUT2D eigenvalue weighted by Crippen LogP contribution is -2.36. The summed E-state index contributed by atoms with van der Waals surface area (Å²) in [4.78, 5) is 38.8. The first kappa shape index (κ1) is 17.7. The molecule has 1 aromatic heterocycles. The molecule has 0 fully saturated rings. The smallest absolute Gasteiger partial charge is 0.338 e. The van der Waals surface area contributed by atoms with Gasteiger partial charge < -0.3 is 4.74 Å². The summed E-state index contributed by atoms with van der Waals surface area (Å²) in [6.45, 7) is 7.47. The van der Waals surface area contributed by atoms with E-state index in [9.17, 15) is 14.4 Å². The van der Waals surface area contributed by atoms with E-state index in [4.69, 9.17) is 4.74 Å². The molecule has 0 aliphatic rings. The standard InChI is InChI=1S/C18H22N2O4/c1-5-7-15(21)20-17(14(6-2)16(22)19-18(20)23)24-13-9-11(3)8-12(4)10-13/h8-10H,5-7H2,1-4H3,(H,19,22,23). The number of carbonyl (C=O) groups excluding carboxylic acids is 1. The van der Waals surface area contributed by atoms with Crippen LogP contribution in [0.25, 0.3) is 0 Å². The monoisotopic (exact) mass is 330 g/mol. The molecule has 0 bridgehead atoms. The molecule has 6 heteroatoms. The number of hydrogen-bond donors (Lipinski definition) is 1. The maximum absolute atomic E-state index is 12.4. The van der Waals surface area contributed by atoms with E-state index in [-0.39, 0.29) is 17.9 Å². The highest BCUT2D eigenvalue weighted by atomic mass is 16.5. The van der Waals surface area contributed by atoms with Crippen LogP contribution in [0.5, 0.6) is 11.6 Å². The zero-order chi connectivity index (χ0) is 17.9. The van der Waals surface area contributed by atoms with Gasteiger partial charge in [-0.25, -0.2) is 4.79 Å². The van der Waals surface area contributed by atoms with Crippen molar-refractivity contribution in [2.24, 2.45) is 0 Å². The molecular formula is C18H22N2O4. The number of carbonyl (C=O) groups is 1. The number of ether oxygens (including phenoxy) is 1. The van der Waals surface area contributed by atoms with Gasteiger partial charge in [0.1, 0.15) is 5.75 Å². The Labute approximate surface area is 140 Å². The van der Waals surface area contributed by atoms with Gasteiger partial charge in [0.15, 0.2) is 0 Å². The van der Waals surface area contributed by atoms with E-state index in [1.165, 1.54) is 0 Å². The van der Waals surface area contributed by atoms with Crippen molar-refractivity contribution in [1.29, 1.82) is 0 Å². The average Bonchev–Trinajstić information content (AvgIpc) is 2.46. The van der Waals surface area contributed by atoms with Crippen LogP contribution < -0.4 is 16.0 Å². The molecule has 1 N–H and O–H groups in total. The molecule has 2 rings (SSSR count). The number of rotatable bonds is 5. The predicted octanol–water partition coefficient (Wildman–Crippen LogP) is 2.95. The van der Waals surface area contributed by atoms with Gasteiger partial charge >= 0.3 is 5.69 Å². The van der Waals surface area contributed by atoms with Gasteiger partial charge in [0.05, 0.1) is 5.56 Å². The van der Waals surface area contributed by atoms with Gasteiger partial charge in [-0.3, -0.25) is 14.6 Å². The molecule has 1 aromatic carbocycles. The molecule has 0 spiro atoms. The fourth-order valence-corrected chi connectivity index (χ4v) is 2.63. The van der Waals surface area contributed by atoms with E-state index in [0.717, 1.165) is 15.7 Å². The van der Waals surface area contributed by atoms with Crippen LogP contribution in [0.2, 0.25) is 0 Å². The highest BCUT2D eigenvalue weighted by Gasteiger charge is 2.20. The maximum Gasteiger partial charge on any atom is 0.338 e. The molecule has 0 unspecified atom stereocenters. The van der Waals surface area contributed by atoms with Crippen molar-refractivity contribution in [3.05, 3.63) is 55.7 Å². The number of aromatic nitrogens is 2. The van der Waals surface area contributed by atoms with Crippen molar-refractivity contribution in [2.45, 2.75) is 47.0 Å². The second kappa shape index (κ2) is 7.29. The Morgan fingerprint density at radius 3 is 2.29 bits per heavy atom. The number of hydrogen-bond acceptors (Lipinski definition) is 4. The highest BCUT2D eigenvalue weighted by molar-refractivity contribution is 5.80. The minimum atomic E-state index is -0.768. The van der Waals surface area contributed by atoms with Crippen molar-refractivity contribution in [3.63, 3.8) is 0 Å². The van der Waals surface area contributed by atoms with Crippen molar-refractivity contribution in [3.8, 4) is 11.6 Å². The van der Waals surface area contributed by atoms with E-state index in [2.05, 4.69) is 4.98 Å². The lowest BCUT2D eigenvalue weighted by Gasteiger charge is -2.15. The van der Waals surface area contributed by atoms with Gasteiger partial charge in [0.2, 0.25) is 11.8 Å². The third kappa shape index (κ3) is 3.64. The Bertz CT molecular complexity index is 857. The molecule has 0 saturated heterocycles. The van der Waals surface area contributed by atoms with E-state index >= 15 is 0 Å². The second-order valence-corrected chi connectivity index (χ2v) is 5.80. The third-order valence-corrected chi connectivity index (χ3v) is 3.64. The normalized spacial score (nSPS) is 10.7. The second-order valence-electron chi connectivity index (χ2n) is 5.80. The van der Waals surface area contributed by atoms with E-state index < -0.39 is 17.2 Å². The van der Waals surface area contributed by atoms with Crippen LogP contribution in [0.15, 0.2) is 27.8 Å². The summed E-state index contributed by atoms with van der Waals surface area (Å²) in [5.74, 6) is 0.104. The van der Waals surface area contributed by atoms with E-state index in [1.54, 1.807) is 19.1 Å². The number of aromatic amines is 1. The van der Waals surface area contributed by atoms with E-state index in [0.29, 0.717) is 18.6 Å². The third-order valence-electron chi connectivity index (χ3n) is 3.64. The summed E-state index contributed by atoms with van der Waals surface area (Å²) >= 11 is 0. The number of H-pyrrole nitrogens is 1. The average molecular weight is 330 g/mol. The molecular weight excluding hydrogens is 308 g/mol. The highest BCUT2D eigenvalue weighted by Crippen LogP contribution is 2.25. The summed E-state index contributed by atoms with van der Waals surface area (Å²) in [5, 5.41) is 0. The van der Waals surface area contributed by atoms with Gasteiger partial charge in [0.25, 0.3) is 5.56 Å². The number of nitrogens with one attached hydrogen (secondary N) is 1. The minimum absolute atomic E-state index is 0.00898. The van der Waals surface area contributed by atoms with Crippen LogP contribution in [0, 0.1) is 13.8 Å². The summed E-state index contributed by atoms with van der Waals surface area (Å²) < 4.78 is 6.78. The zero-order valence-electron chi connectivity index (χ0n) is 14.4. The summed E-state index contributed by atoms with van der Waals surface area (Å²) in [7, 11) is 0. The quantitative estimate of drug-likeness (QED) is 0.914. The van der Waals surface area contributed by atoms with E-state index in [1.807, 2.05) is 26.8 Å². The molecule has 0 aliphatic heterocycles. The van der Waals surface area contributed by atoms with Crippen LogP contribution >= 0.6 is 0 Å². The number of nitrogens with zero attached hydrogens (tertiary/aromatic N) is 1. The van der Waals surface area contributed by atoms with Gasteiger partial charge in [-0.2, -0.15) is 4.57 Å². The molecule has 0 atom stereocenters. The van der Waals surface area contributed by atoms with Crippen LogP contribution in [-0.2, 0) is 6.42 Å². The minimum Gasteiger partial charge on any atom is -0.440 e. The van der Waals surface area contributed by atoms with Crippen molar-refractivity contribution in [2.75, 3.05) is 0 Å². The lowest BCUT2D eigenvalue weighted by molar-refractivity contribution is 0.0886. The number of benzene rings is 1. The SMILES string of the molecule is CCCC(=O)n1c(Oc2cc(C)cc(C)c2)c(CC)c(=O)[nH]c1=O. The zero-order valence-corrected chi connectivity index (χ0v) is 14.4. The van der Waals surface area contributed by atoms with Crippen LogP contribution in [0.4, 0.5) is 0 Å². The molecule has 6 nitrogen and oxygen atoms in total. The molecule has 0 amide bonds. The molecule has 0 radical (unpaired) electrons. The molecule has 1 heterocycles. The maximum atomic E-state index is 12.4. The van der Waals surface area contributed by atoms with Crippen LogP contribution in [0.1, 0.15) is 48.2 Å². The first-order valence-electron chi connectivity index (χ1n) is 8.04. The molecule has 0 saturated carbocycles. The van der Waals surface area contributed by atoms with Crippen molar-refractivity contribution in [1.82, 2.24) is 9.55 Å². The van der Waals surface area contributed by atoms with Crippen molar-refractivity contribution < 1.29 is 9.53 Å². The fourth-order valence-electron chi connectivity index (χ4n) is 2.63. The number of aryl methyl sites for hydroxylation is 2. The topological polar surface area (TPSA) is 81.2 Å². The first-order valence-corrected chi connectivity index (χ1v) is 8.04. The van der Waals surface area contributed by atoms with Crippen LogP contribution in [-0.4, -0.2) is 15.5 Å². The Balaban J connectivity index is 2.67. The van der Waals surface area contributed by atoms with Crippen LogP contribution in [0.3, 0.4) is 0 Å². The summed E-state index contributed by atoms with van der Waals surface area (Å²) in [6, 6.07) is 5.58. The molecule has 128 valence electrons. The molecule has 0 aliphatic carbocycles. The fraction of sp³-hybridized carbons (Fsp3) is 0.389. The van der Waals surface area contributed by atoms with Gasteiger partial charge in [0, 0.05) is 6.42 Å². The molecule has 2 aromatic rings. The summed E-state index contributed by atoms with van der Waals surface area (Å²) in [6.07, 6.45) is 1.13. The van der Waals surface area contributed by atoms with Crippen molar-refractivity contribution >= 4 is 5.91 Å². The van der Waals surface area contributed by atoms with Gasteiger partial charge in [-0.1, -0.05) is 19.9 Å². The Morgan fingerprint density at radius 2 is 1.75 bits per heavy atom. The first-order chi connectivity index (χ1) is 11.4.